The Bertz CT molecular complexity index is 531. The van der Waals surface area contributed by atoms with Gasteiger partial charge in [0, 0.05) is 30.9 Å². The molecular weight excluding hydrogens is 274 g/mol. The molecule has 0 spiro atoms. The number of thiazole rings is 1. The molecule has 0 aliphatic rings. The average Bonchev–Trinajstić information content (AvgIpc) is 3.01. The molecule has 0 bridgehead atoms. The third-order valence-electron chi connectivity index (χ3n) is 2.90. The van der Waals surface area contributed by atoms with Crippen LogP contribution in [0.2, 0.25) is 0 Å². The molecule has 106 valence electrons. The van der Waals surface area contributed by atoms with Gasteiger partial charge in [-0.2, -0.15) is 0 Å². The summed E-state index contributed by atoms with van der Waals surface area (Å²) in [4.78, 5) is 19.8. The molecule has 0 aliphatic carbocycles. The minimum Gasteiger partial charge on any atom is -0.395 e. The van der Waals surface area contributed by atoms with Gasteiger partial charge in [-0.3, -0.25) is 9.69 Å². The molecule has 2 rings (SSSR count). The van der Waals surface area contributed by atoms with E-state index in [1.165, 1.54) is 16.2 Å². The van der Waals surface area contributed by atoms with Crippen LogP contribution in [0.3, 0.4) is 0 Å². The van der Waals surface area contributed by atoms with E-state index in [2.05, 4.69) is 4.98 Å². The van der Waals surface area contributed by atoms with E-state index >= 15 is 0 Å². The van der Waals surface area contributed by atoms with Crippen LogP contribution in [0.5, 0.6) is 0 Å². The van der Waals surface area contributed by atoms with Crippen LogP contribution < -0.4 is 9.80 Å². The van der Waals surface area contributed by atoms with Gasteiger partial charge in [0.2, 0.25) is 5.91 Å². The number of benzene rings is 1. The fourth-order valence-electron chi connectivity index (χ4n) is 1.82. The van der Waals surface area contributed by atoms with Gasteiger partial charge in [0.25, 0.3) is 0 Å². The van der Waals surface area contributed by atoms with E-state index in [1.54, 1.807) is 13.2 Å². The van der Waals surface area contributed by atoms with E-state index < -0.39 is 0 Å². The number of carbonyl (C=O) groups excluding carboxylic acids is 1. The van der Waals surface area contributed by atoms with Crippen molar-refractivity contribution in [3.63, 3.8) is 0 Å². The van der Waals surface area contributed by atoms with Gasteiger partial charge in [0.15, 0.2) is 5.13 Å². The van der Waals surface area contributed by atoms with Gasteiger partial charge < -0.3 is 10.0 Å². The Morgan fingerprint density at radius 2 is 2.10 bits per heavy atom. The Morgan fingerprint density at radius 1 is 1.35 bits per heavy atom. The Hall–Kier alpha value is -1.92. The lowest BCUT2D eigenvalue weighted by atomic mass is 10.3. The molecule has 2 aromatic rings. The molecule has 1 N–H and O–H groups in total. The molecule has 5 nitrogen and oxygen atoms in total. The number of aromatic nitrogens is 1. The molecule has 0 fully saturated rings. The second kappa shape index (κ2) is 7.02. The molecule has 1 heterocycles. The normalized spacial score (nSPS) is 10.3. The van der Waals surface area contributed by atoms with Crippen LogP contribution in [-0.4, -0.2) is 42.7 Å². The van der Waals surface area contributed by atoms with Crippen LogP contribution in [0.1, 0.15) is 0 Å². The second-order valence-corrected chi connectivity index (χ2v) is 5.12. The molecule has 1 aromatic carbocycles. The maximum Gasteiger partial charge on any atom is 0.248 e. The molecule has 0 radical (unpaired) electrons. The van der Waals surface area contributed by atoms with Crippen molar-refractivity contribution in [1.29, 1.82) is 0 Å². The summed E-state index contributed by atoms with van der Waals surface area (Å²) in [5, 5.41) is 11.7. The molecule has 0 unspecified atom stereocenters. The van der Waals surface area contributed by atoms with Gasteiger partial charge in [0.05, 0.1) is 13.2 Å². The van der Waals surface area contributed by atoms with Crippen molar-refractivity contribution in [2.75, 3.05) is 36.5 Å². The summed E-state index contributed by atoms with van der Waals surface area (Å²) in [6.07, 6.45) is 1.67. The molecule has 0 saturated carbocycles. The number of likely N-dealkylation sites (N-methyl/N-ethyl adjacent to an activating group) is 1. The fraction of sp³-hybridized carbons (Fsp3) is 0.286. The van der Waals surface area contributed by atoms with E-state index in [-0.39, 0.29) is 19.1 Å². The van der Waals surface area contributed by atoms with Crippen LogP contribution in [0.25, 0.3) is 0 Å². The number of aliphatic hydroxyl groups excluding tert-OH is 1. The first-order valence-corrected chi connectivity index (χ1v) is 7.17. The number of hydrogen-bond donors (Lipinski definition) is 1. The van der Waals surface area contributed by atoms with E-state index in [0.717, 1.165) is 5.69 Å². The summed E-state index contributed by atoms with van der Waals surface area (Å²) in [5.74, 6) is -0.0581. The third kappa shape index (κ3) is 3.55. The zero-order valence-electron chi connectivity index (χ0n) is 11.3. The summed E-state index contributed by atoms with van der Waals surface area (Å²) in [7, 11) is 1.71. The van der Waals surface area contributed by atoms with Gasteiger partial charge >= 0.3 is 0 Å². The van der Waals surface area contributed by atoms with Gasteiger partial charge in [-0.1, -0.05) is 18.2 Å². The highest BCUT2D eigenvalue weighted by Crippen LogP contribution is 2.17. The SMILES string of the molecule is CN(C(=O)CN(CCO)c1ccccc1)c1nccs1. The summed E-state index contributed by atoms with van der Waals surface area (Å²) >= 11 is 1.42. The van der Waals surface area contributed by atoms with Crippen LogP contribution in [0.4, 0.5) is 10.8 Å². The Kier molecular flexibility index (Phi) is 5.09. The van der Waals surface area contributed by atoms with E-state index in [9.17, 15) is 4.79 Å². The first kappa shape index (κ1) is 14.5. The monoisotopic (exact) mass is 291 g/mol. The second-order valence-electron chi connectivity index (χ2n) is 4.25. The smallest absolute Gasteiger partial charge is 0.248 e. The highest BCUT2D eigenvalue weighted by molar-refractivity contribution is 7.13. The summed E-state index contributed by atoms with van der Waals surface area (Å²) in [5.41, 5.74) is 0.919. The predicted octanol–water partition coefficient (Wildman–Crippen LogP) is 1.60. The molecule has 0 aliphatic heterocycles. The van der Waals surface area contributed by atoms with Crippen molar-refractivity contribution in [3.8, 4) is 0 Å². The van der Waals surface area contributed by atoms with Crippen molar-refractivity contribution in [1.82, 2.24) is 4.98 Å². The van der Waals surface area contributed by atoms with Crippen LogP contribution in [0, 0.1) is 0 Å². The minimum absolute atomic E-state index is 0.00312. The fourth-order valence-corrected chi connectivity index (χ4v) is 2.44. The lowest BCUT2D eigenvalue weighted by molar-refractivity contribution is -0.117. The van der Waals surface area contributed by atoms with Gasteiger partial charge in [-0.15, -0.1) is 11.3 Å². The molecule has 0 atom stereocenters. The zero-order chi connectivity index (χ0) is 14.4. The number of para-hydroxylation sites is 1. The first-order chi connectivity index (χ1) is 9.72. The highest BCUT2D eigenvalue weighted by atomic mass is 32.1. The highest BCUT2D eigenvalue weighted by Gasteiger charge is 2.17. The minimum atomic E-state index is -0.0581. The maximum absolute atomic E-state index is 12.3. The van der Waals surface area contributed by atoms with Crippen molar-refractivity contribution >= 4 is 28.1 Å². The van der Waals surface area contributed by atoms with Crippen molar-refractivity contribution in [3.05, 3.63) is 41.9 Å². The van der Waals surface area contributed by atoms with Gasteiger partial charge in [-0.05, 0) is 12.1 Å². The lowest BCUT2D eigenvalue weighted by Gasteiger charge is -2.25. The van der Waals surface area contributed by atoms with Crippen LogP contribution >= 0.6 is 11.3 Å². The summed E-state index contributed by atoms with van der Waals surface area (Å²) < 4.78 is 0. The van der Waals surface area contributed by atoms with Crippen LogP contribution in [-0.2, 0) is 4.79 Å². The van der Waals surface area contributed by atoms with Crippen molar-refractivity contribution in [2.45, 2.75) is 0 Å². The molecule has 1 aromatic heterocycles. The number of anilines is 2. The van der Waals surface area contributed by atoms with E-state index in [0.29, 0.717) is 11.7 Å². The Balaban J connectivity index is 2.06. The predicted molar refractivity (Wildman–Crippen MR) is 81.3 cm³/mol. The van der Waals surface area contributed by atoms with Crippen molar-refractivity contribution in [2.24, 2.45) is 0 Å². The first-order valence-electron chi connectivity index (χ1n) is 6.29. The largest absolute Gasteiger partial charge is 0.395 e. The lowest BCUT2D eigenvalue weighted by Crippen LogP contribution is -2.39. The quantitative estimate of drug-likeness (QED) is 0.878. The molecular formula is C14H17N3O2S. The van der Waals surface area contributed by atoms with Gasteiger partial charge in [0.1, 0.15) is 0 Å². The third-order valence-corrected chi connectivity index (χ3v) is 3.75. The number of hydrogen-bond acceptors (Lipinski definition) is 5. The number of nitrogens with zero attached hydrogens (tertiary/aromatic N) is 3. The number of aliphatic hydroxyl groups is 1. The van der Waals surface area contributed by atoms with E-state index in [1.807, 2.05) is 40.6 Å². The number of carbonyl (C=O) groups is 1. The average molecular weight is 291 g/mol. The summed E-state index contributed by atoms with van der Waals surface area (Å²) in [6.45, 7) is 0.630. The van der Waals surface area contributed by atoms with Crippen molar-refractivity contribution < 1.29 is 9.90 Å². The number of rotatable bonds is 6. The topological polar surface area (TPSA) is 56.7 Å². The Labute approximate surface area is 122 Å². The molecule has 0 saturated heterocycles. The number of amides is 1. The van der Waals surface area contributed by atoms with Gasteiger partial charge in [-0.25, -0.2) is 4.98 Å². The standard InChI is InChI=1S/C14H17N3O2S/c1-16(14-15-7-10-20-14)13(19)11-17(8-9-18)12-5-3-2-4-6-12/h2-7,10,18H,8-9,11H2,1H3. The molecule has 6 heteroatoms. The Morgan fingerprint density at radius 3 is 2.70 bits per heavy atom. The zero-order valence-corrected chi connectivity index (χ0v) is 12.1. The summed E-state index contributed by atoms with van der Waals surface area (Å²) in [6, 6.07) is 9.59. The molecule has 1 amide bonds. The van der Waals surface area contributed by atoms with Crippen LogP contribution in [0.15, 0.2) is 41.9 Å². The maximum atomic E-state index is 12.3. The molecule has 20 heavy (non-hydrogen) atoms. The van der Waals surface area contributed by atoms with E-state index in [4.69, 9.17) is 5.11 Å².